The van der Waals surface area contributed by atoms with E-state index in [4.69, 9.17) is 0 Å². The van der Waals surface area contributed by atoms with Crippen molar-refractivity contribution in [2.45, 2.75) is 40.0 Å². The summed E-state index contributed by atoms with van der Waals surface area (Å²) < 4.78 is 0. The molecule has 0 saturated carbocycles. The summed E-state index contributed by atoms with van der Waals surface area (Å²) in [5.41, 5.74) is 5.53. The average Bonchev–Trinajstić information content (AvgIpc) is 2.34. The van der Waals surface area contributed by atoms with E-state index in [-0.39, 0.29) is 5.41 Å². The molecule has 18 heavy (non-hydrogen) atoms. The van der Waals surface area contributed by atoms with Crippen LogP contribution in [-0.4, -0.2) is 5.33 Å². The third kappa shape index (κ3) is 4.45. The predicted molar refractivity (Wildman–Crippen MR) is 86.3 cm³/mol. The van der Waals surface area contributed by atoms with Crippen molar-refractivity contribution < 1.29 is 0 Å². The van der Waals surface area contributed by atoms with E-state index in [1.165, 1.54) is 22.3 Å². The van der Waals surface area contributed by atoms with Crippen LogP contribution < -0.4 is 0 Å². The predicted octanol–water partition coefficient (Wildman–Crippen LogP) is 5.73. The van der Waals surface area contributed by atoms with Crippen molar-refractivity contribution in [3.63, 3.8) is 0 Å². The van der Waals surface area contributed by atoms with Crippen LogP contribution in [0.2, 0.25) is 0 Å². The fourth-order valence-electron chi connectivity index (χ4n) is 1.64. The lowest BCUT2D eigenvalue weighted by atomic mass is 9.86. The Hall–Kier alpha value is -0.820. The smallest absolute Gasteiger partial charge is 0.0242 e. The standard InChI is InChI=1S/C17H23Br/c1-13(12-18)6-7-14(2)15-8-10-16(11-9-15)17(3,4)5/h6-11H,12H2,1-5H3. The quantitative estimate of drug-likeness (QED) is 0.494. The SMILES string of the molecule is CC(=CC=C(C)c1ccc(C(C)(C)C)cc1)CBr. The third-order valence-corrected chi connectivity index (χ3v) is 3.92. The highest BCUT2D eigenvalue weighted by molar-refractivity contribution is 9.09. The first-order valence-electron chi connectivity index (χ1n) is 6.35. The van der Waals surface area contributed by atoms with Crippen molar-refractivity contribution in [3.8, 4) is 0 Å². The molecule has 0 unspecified atom stereocenters. The van der Waals surface area contributed by atoms with E-state index in [0.717, 1.165) is 5.33 Å². The molecule has 0 N–H and O–H groups in total. The Bertz CT molecular complexity index is 441. The van der Waals surface area contributed by atoms with Gasteiger partial charge in [0.05, 0.1) is 0 Å². The molecule has 0 aliphatic rings. The molecular formula is C17H23Br. The van der Waals surface area contributed by atoms with E-state index >= 15 is 0 Å². The van der Waals surface area contributed by atoms with Gasteiger partial charge >= 0.3 is 0 Å². The minimum atomic E-state index is 0.225. The lowest BCUT2D eigenvalue weighted by Crippen LogP contribution is -2.10. The van der Waals surface area contributed by atoms with Gasteiger partial charge in [0.15, 0.2) is 0 Å². The minimum absolute atomic E-state index is 0.225. The second kappa shape index (κ2) is 6.38. The summed E-state index contributed by atoms with van der Waals surface area (Å²) in [7, 11) is 0. The van der Waals surface area contributed by atoms with Crippen molar-refractivity contribution in [1.82, 2.24) is 0 Å². The van der Waals surface area contributed by atoms with Crippen molar-refractivity contribution in [2.75, 3.05) is 5.33 Å². The molecule has 0 aromatic heterocycles. The highest BCUT2D eigenvalue weighted by Gasteiger charge is 2.12. The van der Waals surface area contributed by atoms with Gasteiger partial charge in [-0.3, -0.25) is 0 Å². The van der Waals surface area contributed by atoms with E-state index in [0.29, 0.717) is 0 Å². The van der Waals surface area contributed by atoms with Crippen LogP contribution in [0.3, 0.4) is 0 Å². The van der Waals surface area contributed by atoms with E-state index < -0.39 is 0 Å². The van der Waals surface area contributed by atoms with Gasteiger partial charge in [-0.25, -0.2) is 0 Å². The summed E-state index contributed by atoms with van der Waals surface area (Å²) in [4.78, 5) is 0. The highest BCUT2D eigenvalue weighted by atomic mass is 79.9. The first-order chi connectivity index (χ1) is 8.34. The van der Waals surface area contributed by atoms with Crippen molar-refractivity contribution in [2.24, 2.45) is 0 Å². The number of allylic oxidation sites excluding steroid dienone is 4. The number of benzene rings is 1. The molecular weight excluding hydrogens is 284 g/mol. The molecule has 0 heterocycles. The summed E-state index contributed by atoms with van der Waals surface area (Å²) in [6.45, 7) is 11.0. The molecule has 0 fully saturated rings. The van der Waals surface area contributed by atoms with Crippen molar-refractivity contribution in [3.05, 3.63) is 53.1 Å². The zero-order valence-corrected chi connectivity index (χ0v) is 13.6. The largest absolute Gasteiger partial charge is 0.0880 e. The van der Waals surface area contributed by atoms with Crippen LogP contribution in [0.25, 0.3) is 5.57 Å². The summed E-state index contributed by atoms with van der Waals surface area (Å²) in [6.07, 6.45) is 4.35. The van der Waals surface area contributed by atoms with Gasteiger partial charge in [-0.15, -0.1) is 0 Å². The summed E-state index contributed by atoms with van der Waals surface area (Å²) in [6, 6.07) is 8.88. The molecule has 1 rings (SSSR count). The molecule has 0 nitrogen and oxygen atoms in total. The molecule has 0 atom stereocenters. The van der Waals surface area contributed by atoms with Crippen LogP contribution in [0, 0.1) is 0 Å². The highest BCUT2D eigenvalue weighted by Crippen LogP contribution is 2.24. The zero-order chi connectivity index (χ0) is 13.8. The number of rotatable bonds is 3. The zero-order valence-electron chi connectivity index (χ0n) is 12.0. The van der Waals surface area contributed by atoms with E-state index in [9.17, 15) is 0 Å². The Balaban J connectivity index is 2.92. The Morgan fingerprint density at radius 3 is 2.06 bits per heavy atom. The topological polar surface area (TPSA) is 0 Å². The Labute approximate surface area is 120 Å². The van der Waals surface area contributed by atoms with Gasteiger partial charge < -0.3 is 0 Å². The van der Waals surface area contributed by atoms with Gasteiger partial charge in [0.1, 0.15) is 0 Å². The molecule has 0 radical (unpaired) electrons. The monoisotopic (exact) mass is 306 g/mol. The lowest BCUT2D eigenvalue weighted by molar-refractivity contribution is 0.590. The second-order valence-corrected chi connectivity index (χ2v) is 6.38. The van der Waals surface area contributed by atoms with Crippen molar-refractivity contribution in [1.29, 1.82) is 0 Å². The normalized spacial score (nSPS) is 13.9. The molecule has 1 aromatic carbocycles. The van der Waals surface area contributed by atoms with E-state index in [2.05, 4.69) is 87.0 Å². The van der Waals surface area contributed by atoms with Crippen LogP contribution >= 0.6 is 15.9 Å². The molecule has 98 valence electrons. The average molecular weight is 307 g/mol. The number of halogens is 1. The van der Waals surface area contributed by atoms with E-state index in [1.807, 2.05) is 0 Å². The Morgan fingerprint density at radius 2 is 1.61 bits per heavy atom. The number of hydrogen-bond donors (Lipinski definition) is 0. The first-order valence-corrected chi connectivity index (χ1v) is 7.47. The van der Waals surface area contributed by atoms with Gasteiger partial charge in [0, 0.05) is 5.33 Å². The fraction of sp³-hybridized carbons (Fsp3) is 0.412. The van der Waals surface area contributed by atoms with Gasteiger partial charge in [-0.2, -0.15) is 0 Å². The molecule has 0 spiro atoms. The van der Waals surface area contributed by atoms with Crippen LogP contribution in [0.15, 0.2) is 42.0 Å². The van der Waals surface area contributed by atoms with Crippen LogP contribution in [-0.2, 0) is 5.41 Å². The maximum absolute atomic E-state index is 3.45. The number of alkyl halides is 1. The van der Waals surface area contributed by atoms with Crippen molar-refractivity contribution >= 4 is 21.5 Å². The van der Waals surface area contributed by atoms with Gasteiger partial charge in [0.25, 0.3) is 0 Å². The second-order valence-electron chi connectivity index (χ2n) is 5.82. The van der Waals surface area contributed by atoms with E-state index in [1.54, 1.807) is 0 Å². The molecule has 0 aliphatic heterocycles. The van der Waals surface area contributed by atoms with Crippen LogP contribution in [0.1, 0.15) is 45.7 Å². The van der Waals surface area contributed by atoms with Gasteiger partial charge in [-0.05, 0) is 36.0 Å². The molecule has 0 saturated heterocycles. The lowest BCUT2D eigenvalue weighted by Gasteiger charge is -2.19. The molecule has 1 heteroatoms. The maximum Gasteiger partial charge on any atom is 0.0242 e. The van der Waals surface area contributed by atoms with Gasteiger partial charge in [0.2, 0.25) is 0 Å². The summed E-state index contributed by atoms with van der Waals surface area (Å²) >= 11 is 3.45. The number of hydrogen-bond acceptors (Lipinski definition) is 0. The molecule has 0 bridgehead atoms. The first kappa shape index (κ1) is 15.2. The maximum atomic E-state index is 3.45. The molecule has 1 aromatic rings. The van der Waals surface area contributed by atoms with Crippen LogP contribution in [0.5, 0.6) is 0 Å². The minimum Gasteiger partial charge on any atom is -0.0880 e. The van der Waals surface area contributed by atoms with Gasteiger partial charge in [-0.1, -0.05) is 78.7 Å². The Kier molecular flexibility index (Phi) is 5.40. The summed E-state index contributed by atoms with van der Waals surface area (Å²) in [5, 5.41) is 0.930. The fourth-order valence-corrected chi connectivity index (χ4v) is 1.83. The molecule has 0 aliphatic carbocycles. The third-order valence-electron chi connectivity index (χ3n) is 3.03. The summed E-state index contributed by atoms with van der Waals surface area (Å²) in [5.74, 6) is 0. The molecule has 0 amide bonds. The Morgan fingerprint density at radius 1 is 1.06 bits per heavy atom. The van der Waals surface area contributed by atoms with Crippen LogP contribution in [0.4, 0.5) is 0 Å².